The van der Waals surface area contributed by atoms with Crippen LogP contribution in [0, 0.1) is 12.7 Å². The Morgan fingerprint density at radius 1 is 1.23 bits per heavy atom. The molecular weight excluding hydrogens is 283 g/mol. The number of ether oxygens (including phenoxy) is 1. The first-order valence-corrected chi connectivity index (χ1v) is 7.24. The van der Waals surface area contributed by atoms with Crippen LogP contribution in [-0.4, -0.2) is 17.7 Å². The maximum absolute atomic E-state index is 13.7. The third-order valence-corrected chi connectivity index (χ3v) is 3.47. The Morgan fingerprint density at radius 2 is 2.00 bits per heavy atom. The van der Waals surface area contributed by atoms with Crippen LogP contribution >= 0.6 is 0 Å². The monoisotopic (exact) mass is 302 g/mol. The highest BCUT2D eigenvalue weighted by Gasteiger charge is 2.22. The zero-order valence-corrected chi connectivity index (χ0v) is 12.5. The lowest BCUT2D eigenvalue weighted by Crippen LogP contribution is -2.14. The van der Waals surface area contributed by atoms with Crippen LogP contribution in [-0.2, 0) is 4.79 Å². The Labute approximate surface area is 129 Å². The van der Waals surface area contributed by atoms with Crippen LogP contribution < -0.4 is 4.74 Å². The summed E-state index contributed by atoms with van der Waals surface area (Å²) in [6, 6.07) is 13.7. The van der Waals surface area contributed by atoms with Crippen LogP contribution in [0.2, 0.25) is 0 Å². The van der Waals surface area contributed by atoms with E-state index in [0.29, 0.717) is 19.4 Å². The maximum Gasteiger partial charge on any atom is 0.311 e. The number of carbonyl (C=O) groups is 1. The Balaban J connectivity index is 1.90. The fourth-order valence-electron chi connectivity index (χ4n) is 2.35. The molecule has 2 aromatic carbocycles. The first kappa shape index (κ1) is 16.0. The molecule has 2 rings (SSSR count). The van der Waals surface area contributed by atoms with Crippen molar-refractivity contribution in [2.45, 2.75) is 25.7 Å². The summed E-state index contributed by atoms with van der Waals surface area (Å²) in [6.07, 6.45) is 0.876. The van der Waals surface area contributed by atoms with Gasteiger partial charge in [0.2, 0.25) is 0 Å². The van der Waals surface area contributed by atoms with Gasteiger partial charge < -0.3 is 9.84 Å². The van der Waals surface area contributed by atoms with Gasteiger partial charge >= 0.3 is 5.97 Å². The molecule has 0 spiro atoms. The molecule has 0 aliphatic carbocycles. The standard InChI is InChI=1S/C18H19FO3/c1-13-6-4-7-14(12-13)22-11-5-9-16(18(20)21)15-8-2-3-10-17(15)19/h2-4,6-8,10,12,16H,5,9,11H2,1H3,(H,20,21). The molecule has 0 fully saturated rings. The summed E-state index contributed by atoms with van der Waals surface area (Å²) in [5.74, 6) is -1.57. The second kappa shape index (κ2) is 7.59. The van der Waals surface area contributed by atoms with Crippen molar-refractivity contribution in [3.8, 4) is 5.75 Å². The van der Waals surface area contributed by atoms with E-state index in [0.717, 1.165) is 11.3 Å². The van der Waals surface area contributed by atoms with Crippen molar-refractivity contribution in [1.82, 2.24) is 0 Å². The molecule has 0 saturated carbocycles. The molecule has 4 heteroatoms. The van der Waals surface area contributed by atoms with Gasteiger partial charge in [-0.25, -0.2) is 4.39 Å². The number of hydrogen-bond acceptors (Lipinski definition) is 2. The number of hydrogen-bond donors (Lipinski definition) is 1. The smallest absolute Gasteiger partial charge is 0.311 e. The summed E-state index contributed by atoms with van der Waals surface area (Å²) in [7, 11) is 0. The van der Waals surface area contributed by atoms with E-state index in [4.69, 9.17) is 4.74 Å². The number of benzene rings is 2. The van der Waals surface area contributed by atoms with Crippen molar-refractivity contribution in [1.29, 1.82) is 0 Å². The lowest BCUT2D eigenvalue weighted by molar-refractivity contribution is -0.139. The quantitative estimate of drug-likeness (QED) is 0.781. The number of carboxylic acids is 1. The van der Waals surface area contributed by atoms with E-state index < -0.39 is 17.7 Å². The molecule has 116 valence electrons. The Bertz CT molecular complexity index is 640. The Hall–Kier alpha value is -2.36. The van der Waals surface area contributed by atoms with Gasteiger partial charge in [-0.3, -0.25) is 4.79 Å². The molecule has 0 aliphatic heterocycles. The number of aryl methyl sites for hydroxylation is 1. The zero-order chi connectivity index (χ0) is 15.9. The third kappa shape index (κ3) is 4.32. The van der Waals surface area contributed by atoms with Gasteiger partial charge in [0, 0.05) is 5.56 Å². The Kier molecular flexibility index (Phi) is 5.53. The zero-order valence-electron chi connectivity index (χ0n) is 12.5. The van der Waals surface area contributed by atoms with Gasteiger partial charge in [0.05, 0.1) is 12.5 Å². The summed E-state index contributed by atoms with van der Waals surface area (Å²) < 4.78 is 19.3. The minimum Gasteiger partial charge on any atom is -0.494 e. The molecular formula is C18H19FO3. The highest BCUT2D eigenvalue weighted by atomic mass is 19.1. The molecule has 0 radical (unpaired) electrons. The SMILES string of the molecule is Cc1cccc(OCCCC(C(=O)O)c2ccccc2F)c1. The van der Waals surface area contributed by atoms with Crippen LogP contribution in [0.1, 0.15) is 29.9 Å². The van der Waals surface area contributed by atoms with Gasteiger partial charge in [-0.1, -0.05) is 30.3 Å². The minimum absolute atomic E-state index is 0.227. The highest BCUT2D eigenvalue weighted by Crippen LogP contribution is 2.24. The van der Waals surface area contributed by atoms with Gasteiger partial charge in [-0.15, -0.1) is 0 Å². The molecule has 3 nitrogen and oxygen atoms in total. The van der Waals surface area contributed by atoms with Crippen molar-refractivity contribution in [3.63, 3.8) is 0 Å². The molecule has 2 aromatic rings. The predicted molar refractivity (Wildman–Crippen MR) is 82.7 cm³/mol. The van der Waals surface area contributed by atoms with Crippen molar-refractivity contribution in [3.05, 3.63) is 65.5 Å². The van der Waals surface area contributed by atoms with E-state index in [-0.39, 0.29) is 5.56 Å². The fraction of sp³-hybridized carbons (Fsp3) is 0.278. The predicted octanol–water partition coefficient (Wildman–Crippen LogP) is 4.16. The number of aliphatic carboxylic acids is 1. The van der Waals surface area contributed by atoms with E-state index in [2.05, 4.69) is 0 Å². The van der Waals surface area contributed by atoms with Crippen LogP contribution in [0.15, 0.2) is 48.5 Å². The molecule has 0 saturated heterocycles. The summed E-state index contributed by atoms with van der Waals surface area (Å²) in [4.78, 5) is 11.4. The fourth-order valence-corrected chi connectivity index (χ4v) is 2.35. The highest BCUT2D eigenvalue weighted by molar-refractivity contribution is 5.76. The average molecular weight is 302 g/mol. The van der Waals surface area contributed by atoms with Crippen molar-refractivity contribution in [2.75, 3.05) is 6.61 Å². The van der Waals surface area contributed by atoms with Crippen LogP contribution in [0.25, 0.3) is 0 Å². The topological polar surface area (TPSA) is 46.5 Å². The molecule has 0 heterocycles. The summed E-state index contributed by atoms with van der Waals surface area (Å²) in [6.45, 7) is 2.38. The summed E-state index contributed by atoms with van der Waals surface area (Å²) in [5.41, 5.74) is 1.33. The van der Waals surface area contributed by atoms with Crippen LogP contribution in [0.5, 0.6) is 5.75 Å². The number of rotatable bonds is 7. The van der Waals surface area contributed by atoms with Gasteiger partial charge in [-0.05, 0) is 43.5 Å². The van der Waals surface area contributed by atoms with Gasteiger partial charge in [-0.2, -0.15) is 0 Å². The lowest BCUT2D eigenvalue weighted by atomic mass is 9.94. The normalized spacial score (nSPS) is 11.9. The van der Waals surface area contributed by atoms with E-state index in [1.807, 2.05) is 31.2 Å². The third-order valence-electron chi connectivity index (χ3n) is 3.47. The molecule has 1 N–H and O–H groups in total. The lowest BCUT2D eigenvalue weighted by Gasteiger charge is -2.14. The van der Waals surface area contributed by atoms with Crippen molar-refractivity contribution < 1.29 is 19.0 Å². The average Bonchev–Trinajstić information content (AvgIpc) is 2.48. The molecule has 0 aromatic heterocycles. The van der Waals surface area contributed by atoms with Gasteiger partial charge in [0.1, 0.15) is 11.6 Å². The number of halogens is 1. The van der Waals surface area contributed by atoms with Gasteiger partial charge in [0.25, 0.3) is 0 Å². The summed E-state index contributed by atoms with van der Waals surface area (Å²) in [5, 5.41) is 9.30. The van der Waals surface area contributed by atoms with Crippen molar-refractivity contribution >= 4 is 5.97 Å². The maximum atomic E-state index is 13.7. The molecule has 1 atom stereocenters. The van der Waals surface area contributed by atoms with E-state index in [1.165, 1.54) is 12.1 Å². The van der Waals surface area contributed by atoms with Crippen LogP contribution in [0.3, 0.4) is 0 Å². The second-order valence-corrected chi connectivity index (χ2v) is 5.22. The van der Waals surface area contributed by atoms with Gasteiger partial charge in [0.15, 0.2) is 0 Å². The molecule has 0 aliphatic rings. The van der Waals surface area contributed by atoms with E-state index >= 15 is 0 Å². The second-order valence-electron chi connectivity index (χ2n) is 5.22. The van der Waals surface area contributed by atoms with Crippen molar-refractivity contribution in [2.24, 2.45) is 0 Å². The minimum atomic E-state index is -1.01. The first-order valence-electron chi connectivity index (χ1n) is 7.24. The first-order chi connectivity index (χ1) is 10.6. The van der Waals surface area contributed by atoms with E-state index in [9.17, 15) is 14.3 Å². The summed E-state index contributed by atoms with van der Waals surface area (Å²) >= 11 is 0. The number of carboxylic acid groups (broad SMARTS) is 1. The van der Waals surface area contributed by atoms with Crippen LogP contribution in [0.4, 0.5) is 4.39 Å². The largest absolute Gasteiger partial charge is 0.494 e. The van der Waals surface area contributed by atoms with E-state index in [1.54, 1.807) is 12.1 Å². The molecule has 0 bridgehead atoms. The Morgan fingerprint density at radius 3 is 2.68 bits per heavy atom. The molecule has 22 heavy (non-hydrogen) atoms. The molecule has 1 unspecified atom stereocenters. The molecule has 0 amide bonds.